The summed E-state index contributed by atoms with van der Waals surface area (Å²) in [6.07, 6.45) is 1.75. The van der Waals surface area contributed by atoms with E-state index < -0.39 is 0 Å². The van der Waals surface area contributed by atoms with E-state index in [4.69, 9.17) is 0 Å². The van der Waals surface area contributed by atoms with Gasteiger partial charge in [0, 0.05) is 7.05 Å². The van der Waals surface area contributed by atoms with E-state index >= 15 is 0 Å². The van der Waals surface area contributed by atoms with Crippen molar-refractivity contribution in [1.29, 1.82) is 0 Å². The highest BCUT2D eigenvalue weighted by Crippen LogP contribution is 2.29. The molecule has 1 heterocycles. The molecule has 18 heavy (non-hydrogen) atoms. The highest BCUT2D eigenvalue weighted by atomic mass is 79.9. The molecule has 0 bridgehead atoms. The molecule has 0 saturated heterocycles. The first-order valence-electron chi connectivity index (χ1n) is 5.34. The lowest BCUT2D eigenvalue weighted by atomic mass is 10.0. The average Bonchev–Trinajstić information content (AvgIpc) is 2.66. The zero-order valence-electron chi connectivity index (χ0n) is 9.92. The van der Waals surface area contributed by atoms with Crippen molar-refractivity contribution >= 4 is 31.9 Å². The lowest BCUT2D eigenvalue weighted by Gasteiger charge is -2.18. The molecule has 0 saturated carbocycles. The van der Waals surface area contributed by atoms with Crippen molar-refractivity contribution in [2.75, 3.05) is 7.05 Å². The molecule has 0 fully saturated rings. The molecule has 6 heteroatoms. The molecular formula is C12H12Br2FN3. The maximum atomic E-state index is 13.3. The summed E-state index contributed by atoms with van der Waals surface area (Å²) in [5, 5.41) is 7.41. The molecular weight excluding hydrogens is 365 g/mol. The number of benzene rings is 1. The first-order chi connectivity index (χ1) is 8.54. The molecule has 0 aliphatic rings. The molecule has 0 spiro atoms. The Labute approximate surface area is 122 Å². The van der Waals surface area contributed by atoms with Crippen LogP contribution in [-0.2, 0) is 7.05 Å². The number of aryl methyl sites for hydroxylation is 1. The summed E-state index contributed by atoms with van der Waals surface area (Å²) in [7, 11) is 3.74. The summed E-state index contributed by atoms with van der Waals surface area (Å²) in [6, 6.07) is 4.94. The molecule has 1 N–H and O–H groups in total. The molecule has 0 amide bonds. The average molecular weight is 377 g/mol. The number of hydrogen-bond donors (Lipinski definition) is 1. The van der Waals surface area contributed by atoms with E-state index in [1.807, 2.05) is 14.1 Å². The third-order valence-electron chi connectivity index (χ3n) is 2.78. The van der Waals surface area contributed by atoms with E-state index in [0.717, 1.165) is 15.7 Å². The van der Waals surface area contributed by atoms with Crippen LogP contribution >= 0.6 is 31.9 Å². The van der Waals surface area contributed by atoms with Gasteiger partial charge in [-0.2, -0.15) is 5.10 Å². The lowest BCUT2D eigenvalue weighted by Crippen LogP contribution is -2.21. The van der Waals surface area contributed by atoms with Gasteiger partial charge in [0.25, 0.3) is 0 Å². The number of aromatic nitrogens is 2. The molecule has 0 aliphatic carbocycles. The standard InChI is InChI=1S/C12H12Br2FN3/c1-16-11(12-9(14)6-17-18(12)2)7-3-4-10(15)8(13)5-7/h3-6,11,16H,1-2H3. The molecule has 0 aliphatic heterocycles. The van der Waals surface area contributed by atoms with Crippen molar-refractivity contribution in [2.24, 2.45) is 7.05 Å². The smallest absolute Gasteiger partial charge is 0.137 e. The molecule has 3 nitrogen and oxygen atoms in total. The fourth-order valence-corrected chi connectivity index (χ4v) is 2.87. The van der Waals surface area contributed by atoms with Crippen molar-refractivity contribution in [2.45, 2.75) is 6.04 Å². The van der Waals surface area contributed by atoms with Crippen LogP contribution in [0.2, 0.25) is 0 Å². The third-order valence-corrected chi connectivity index (χ3v) is 4.00. The Morgan fingerprint density at radius 3 is 2.56 bits per heavy atom. The van der Waals surface area contributed by atoms with Gasteiger partial charge < -0.3 is 5.32 Å². The van der Waals surface area contributed by atoms with Crippen LogP contribution in [-0.4, -0.2) is 16.8 Å². The highest BCUT2D eigenvalue weighted by molar-refractivity contribution is 9.10. The summed E-state index contributed by atoms with van der Waals surface area (Å²) in [4.78, 5) is 0. The fraction of sp³-hybridized carbons (Fsp3) is 0.250. The van der Waals surface area contributed by atoms with Gasteiger partial charge in [-0.05, 0) is 56.6 Å². The number of hydrogen-bond acceptors (Lipinski definition) is 2. The summed E-state index contributed by atoms with van der Waals surface area (Å²) in [5.74, 6) is -0.266. The van der Waals surface area contributed by atoms with Crippen LogP contribution in [0.15, 0.2) is 33.3 Å². The molecule has 1 unspecified atom stereocenters. The Morgan fingerprint density at radius 2 is 2.06 bits per heavy atom. The van der Waals surface area contributed by atoms with Gasteiger partial charge in [-0.15, -0.1) is 0 Å². The van der Waals surface area contributed by atoms with Gasteiger partial charge in [0.05, 0.1) is 26.9 Å². The highest BCUT2D eigenvalue weighted by Gasteiger charge is 2.19. The second-order valence-corrected chi connectivity index (χ2v) is 5.61. The Morgan fingerprint density at radius 1 is 1.33 bits per heavy atom. The second-order valence-electron chi connectivity index (χ2n) is 3.90. The summed E-state index contributed by atoms with van der Waals surface area (Å²) >= 11 is 6.69. The predicted octanol–water partition coefficient (Wildman–Crippen LogP) is 3.39. The minimum atomic E-state index is -0.266. The van der Waals surface area contributed by atoms with E-state index in [0.29, 0.717) is 4.47 Å². The van der Waals surface area contributed by atoms with Gasteiger partial charge >= 0.3 is 0 Å². The normalized spacial score (nSPS) is 12.7. The maximum Gasteiger partial charge on any atom is 0.137 e. The Balaban J connectivity index is 2.48. The van der Waals surface area contributed by atoms with Gasteiger partial charge in [0.2, 0.25) is 0 Å². The molecule has 1 aromatic carbocycles. The van der Waals surface area contributed by atoms with E-state index in [-0.39, 0.29) is 11.9 Å². The molecule has 1 atom stereocenters. The van der Waals surface area contributed by atoms with Crippen LogP contribution in [0.3, 0.4) is 0 Å². The van der Waals surface area contributed by atoms with E-state index in [1.54, 1.807) is 23.0 Å². The summed E-state index contributed by atoms with van der Waals surface area (Å²) < 4.78 is 16.4. The molecule has 96 valence electrons. The van der Waals surface area contributed by atoms with Crippen molar-refractivity contribution in [3.63, 3.8) is 0 Å². The first kappa shape index (κ1) is 13.7. The van der Waals surface area contributed by atoms with Crippen molar-refractivity contribution in [3.05, 3.63) is 50.4 Å². The van der Waals surface area contributed by atoms with Gasteiger partial charge in [-0.3, -0.25) is 4.68 Å². The monoisotopic (exact) mass is 375 g/mol. The summed E-state index contributed by atoms with van der Waals surface area (Å²) in [6.45, 7) is 0. The van der Waals surface area contributed by atoms with E-state index in [2.05, 4.69) is 42.3 Å². The number of halogens is 3. The van der Waals surface area contributed by atoms with Gasteiger partial charge in [-0.1, -0.05) is 6.07 Å². The van der Waals surface area contributed by atoms with Gasteiger partial charge in [-0.25, -0.2) is 4.39 Å². The van der Waals surface area contributed by atoms with Crippen LogP contribution in [0.4, 0.5) is 4.39 Å². The van der Waals surface area contributed by atoms with Crippen LogP contribution in [0.5, 0.6) is 0 Å². The van der Waals surface area contributed by atoms with Crippen LogP contribution in [0.1, 0.15) is 17.3 Å². The van der Waals surface area contributed by atoms with Gasteiger partial charge in [0.15, 0.2) is 0 Å². The Kier molecular flexibility index (Phi) is 4.19. The third kappa shape index (κ3) is 2.50. The Bertz CT molecular complexity index is 549. The van der Waals surface area contributed by atoms with Crippen LogP contribution in [0, 0.1) is 5.82 Å². The molecule has 0 radical (unpaired) electrons. The van der Waals surface area contributed by atoms with Crippen LogP contribution < -0.4 is 5.32 Å². The van der Waals surface area contributed by atoms with Crippen molar-refractivity contribution in [3.8, 4) is 0 Å². The van der Waals surface area contributed by atoms with Crippen molar-refractivity contribution in [1.82, 2.24) is 15.1 Å². The topological polar surface area (TPSA) is 29.9 Å². The number of rotatable bonds is 3. The zero-order chi connectivity index (χ0) is 13.3. The molecule has 2 rings (SSSR count). The van der Waals surface area contributed by atoms with E-state index in [1.165, 1.54) is 6.07 Å². The molecule has 1 aromatic heterocycles. The van der Waals surface area contributed by atoms with Crippen molar-refractivity contribution < 1.29 is 4.39 Å². The number of nitrogens with zero attached hydrogens (tertiary/aromatic N) is 2. The quantitative estimate of drug-likeness (QED) is 0.889. The number of nitrogens with one attached hydrogen (secondary N) is 1. The van der Waals surface area contributed by atoms with Gasteiger partial charge in [0.1, 0.15) is 5.82 Å². The van der Waals surface area contributed by atoms with Crippen LogP contribution in [0.25, 0.3) is 0 Å². The second kappa shape index (κ2) is 5.50. The summed E-state index contributed by atoms with van der Waals surface area (Å²) in [5.41, 5.74) is 1.96. The fourth-order valence-electron chi connectivity index (χ4n) is 1.90. The largest absolute Gasteiger partial charge is 0.308 e. The van der Waals surface area contributed by atoms with E-state index in [9.17, 15) is 4.39 Å². The first-order valence-corrected chi connectivity index (χ1v) is 6.92. The Hall–Kier alpha value is -0.720. The molecule has 2 aromatic rings. The zero-order valence-corrected chi connectivity index (χ0v) is 13.1. The minimum absolute atomic E-state index is 0.0521. The predicted molar refractivity (Wildman–Crippen MR) is 75.9 cm³/mol. The lowest BCUT2D eigenvalue weighted by molar-refractivity contribution is 0.595. The maximum absolute atomic E-state index is 13.3. The SMILES string of the molecule is CNC(c1ccc(F)c(Br)c1)c1c(Br)cnn1C. The minimum Gasteiger partial charge on any atom is -0.308 e.